The molecule has 3 atom stereocenters. The molecule has 30 heavy (non-hydrogen) atoms. The molecule has 1 N–H and O–H groups in total. The SMILES string of the molecule is CC(C)[Si](OCC[C@@H]1C[C@]1(O)[C@H](C)O[Si](C(C)C)(C(C)C)C(C)C)(C(C)C)C(C)C. The molecule has 180 valence electrons. The van der Waals surface area contributed by atoms with E-state index in [4.69, 9.17) is 8.85 Å². The van der Waals surface area contributed by atoms with Crippen LogP contribution in [0.5, 0.6) is 0 Å². The van der Waals surface area contributed by atoms with Gasteiger partial charge in [-0.2, -0.15) is 0 Å². The summed E-state index contributed by atoms with van der Waals surface area (Å²) in [5, 5.41) is 11.4. The van der Waals surface area contributed by atoms with E-state index in [-0.39, 0.29) is 6.10 Å². The molecule has 0 unspecified atom stereocenters. The highest BCUT2D eigenvalue weighted by molar-refractivity contribution is 6.78. The van der Waals surface area contributed by atoms with Crippen LogP contribution in [0.4, 0.5) is 0 Å². The molecule has 3 nitrogen and oxygen atoms in total. The lowest BCUT2D eigenvalue weighted by Crippen LogP contribution is -2.52. The van der Waals surface area contributed by atoms with Crippen LogP contribution in [0.25, 0.3) is 0 Å². The minimum Gasteiger partial charge on any atom is -0.416 e. The van der Waals surface area contributed by atoms with E-state index in [0.29, 0.717) is 39.2 Å². The summed E-state index contributed by atoms with van der Waals surface area (Å²) in [6.45, 7) is 30.8. The number of aliphatic hydroxyl groups is 1. The van der Waals surface area contributed by atoms with Crippen LogP contribution >= 0.6 is 0 Å². The van der Waals surface area contributed by atoms with Crippen molar-refractivity contribution in [2.24, 2.45) is 5.92 Å². The average molecular weight is 459 g/mol. The van der Waals surface area contributed by atoms with Crippen LogP contribution in [0.2, 0.25) is 33.2 Å². The van der Waals surface area contributed by atoms with Crippen molar-refractivity contribution in [3.05, 3.63) is 0 Å². The van der Waals surface area contributed by atoms with E-state index in [2.05, 4.69) is 90.0 Å². The first-order valence-electron chi connectivity index (χ1n) is 12.6. The number of rotatable bonds is 13. The molecule has 1 rings (SSSR count). The Labute approximate surface area is 191 Å². The zero-order chi connectivity index (χ0) is 23.7. The van der Waals surface area contributed by atoms with Crippen LogP contribution < -0.4 is 0 Å². The van der Waals surface area contributed by atoms with Crippen LogP contribution in [0, 0.1) is 5.92 Å². The van der Waals surface area contributed by atoms with Crippen LogP contribution in [0.1, 0.15) is 103 Å². The van der Waals surface area contributed by atoms with Crippen molar-refractivity contribution in [3.63, 3.8) is 0 Å². The van der Waals surface area contributed by atoms with Gasteiger partial charge in [0, 0.05) is 6.61 Å². The van der Waals surface area contributed by atoms with Gasteiger partial charge in [0.1, 0.15) is 0 Å². The van der Waals surface area contributed by atoms with Gasteiger partial charge in [-0.05, 0) is 58.9 Å². The second kappa shape index (κ2) is 10.5. The van der Waals surface area contributed by atoms with Crippen molar-refractivity contribution >= 4 is 16.6 Å². The van der Waals surface area contributed by atoms with E-state index in [1.165, 1.54) is 0 Å². The first-order chi connectivity index (χ1) is 13.6. The number of hydrogen-bond acceptors (Lipinski definition) is 3. The molecule has 0 aromatic rings. The lowest BCUT2D eigenvalue weighted by atomic mass is 10.1. The summed E-state index contributed by atoms with van der Waals surface area (Å²) in [6.07, 6.45) is 1.71. The van der Waals surface area contributed by atoms with E-state index in [0.717, 1.165) is 19.4 Å². The Morgan fingerprint density at radius 3 is 1.40 bits per heavy atom. The Balaban J connectivity index is 2.81. The standard InChI is InChI=1S/C25H54O3Si2/c1-17(2)29(18(3)4,19(5)6)27-15-14-24-16-25(24,26)23(13)28-30(20(7)8,21(9)10)22(11)12/h17-24,26H,14-16H2,1-13H3/t23-,24+,25-/m0/s1. The van der Waals surface area contributed by atoms with E-state index >= 15 is 0 Å². The Morgan fingerprint density at radius 2 is 1.07 bits per heavy atom. The highest BCUT2D eigenvalue weighted by Crippen LogP contribution is 2.53. The van der Waals surface area contributed by atoms with Crippen molar-refractivity contribution in [3.8, 4) is 0 Å². The highest BCUT2D eigenvalue weighted by Gasteiger charge is 2.59. The Morgan fingerprint density at radius 1 is 0.700 bits per heavy atom. The van der Waals surface area contributed by atoms with Gasteiger partial charge in [0.2, 0.25) is 8.32 Å². The van der Waals surface area contributed by atoms with Gasteiger partial charge in [-0.25, -0.2) is 0 Å². The normalized spacial score (nSPS) is 24.2. The molecule has 0 spiro atoms. The average Bonchev–Trinajstić information content (AvgIpc) is 3.25. The molecule has 0 radical (unpaired) electrons. The van der Waals surface area contributed by atoms with Gasteiger partial charge in [-0.15, -0.1) is 0 Å². The van der Waals surface area contributed by atoms with Gasteiger partial charge in [-0.1, -0.05) is 83.1 Å². The van der Waals surface area contributed by atoms with Crippen LogP contribution in [-0.4, -0.2) is 40.1 Å². The molecule has 1 aliphatic carbocycles. The fourth-order valence-corrected chi connectivity index (χ4v) is 18.0. The first-order valence-corrected chi connectivity index (χ1v) is 16.9. The molecule has 1 fully saturated rings. The molecule has 0 saturated heterocycles. The third kappa shape index (κ3) is 5.27. The lowest BCUT2D eigenvalue weighted by molar-refractivity contribution is 0.00205. The lowest BCUT2D eigenvalue weighted by Gasteiger charge is -2.45. The summed E-state index contributed by atoms with van der Waals surface area (Å²) in [5.41, 5.74) is 2.77. The predicted molar refractivity (Wildman–Crippen MR) is 136 cm³/mol. The van der Waals surface area contributed by atoms with Crippen molar-refractivity contribution in [2.45, 2.75) is 148 Å². The molecule has 0 bridgehead atoms. The monoisotopic (exact) mass is 458 g/mol. The zero-order valence-electron chi connectivity index (χ0n) is 22.5. The highest BCUT2D eigenvalue weighted by atomic mass is 28.4. The molecule has 0 heterocycles. The Hall–Kier alpha value is 0.314. The predicted octanol–water partition coefficient (Wildman–Crippen LogP) is 7.90. The summed E-state index contributed by atoms with van der Waals surface area (Å²) in [6, 6.07) is 0. The maximum absolute atomic E-state index is 11.4. The summed E-state index contributed by atoms with van der Waals surface area (Å²) in [7, 11) is -3.81. The second-order valence-corrected chi connectivity index (χ2v) is 22.8. The summed E-state index contributed by atoms with van der Waals surface area (Å²) < 4.78 is 13.6. The Kier molecular flexibility index (Phi) is 9.92. The summed E-state index contributed by atoms with van der Waals surface area (Å²) in [4.78, 5) is 0. The van der Waals surface area contributed by atoms with Crippen LogP contribution in [0.3, 0.4) is 0 Å². The molecular weight excluding hydrogens is 404 g/mol. The summed E-state index contributed by atoms with van der Waals surface area (Å²) in [5.74, 6) is 0.309. The molecule has 1 aliphatic rings. The molecule has 0 aromatic carbocycles. The van der Waals surface area contributed by atoms with Crippen molar-refractivity contribution in [1.82, 2.24) is 0 Å². The molecular formula is C25H54O3Si2. The van der Waals surface area contributed by atoms with Crippen molar-refractivity contribution < 1.29 is 14.0 Å². The topological polar surface area (TPSA) is 38.7 Å². The largest absolute Gasteiger partial charge is 0.416 e. The van der Waals surface area contributed by atoms with Gasteiger partial charge in [0.25, 0.3) is 0 Å². The third-order valence-electron chi connectivity index (χ3n) is 8.44. The maximum Gasteiger partial charge on any atom is 0.200 e. The van der Waals surface area contributed by atoms with E-state index in [1.807, 2.05) is 0 Å². The van der Waals surface area contributed by atoms with Gasteiger partial charge in [0.15, 0.2) is 8.32 Å². The minimum absolute atomic E-state index is 0.0938. The molecule has 0 aliphatic heterocycles. The van der Waals surface area contributed by atoms with Gasteiger partial charge in [0.05, 0.1) is 11.7 Å². The number of hydrogen-bond donors (Lipinski definition) is 1. The molecule has 0 amide bonds. The van der Waals surface area contributed by atoms with Gasteiger partial charge >= 0.3 is 0 Å². The maximum atomic E-state index is 11.4. The second-order valence-electron chi connectivity index (χ2n) is 11.9. The molecule has 0 aromatic heterocycles. The minimum atomic E-state index is -1.98. The van der Waals surface area contributed by atoms with Crippen molar-refractivity contribution in [1.29, 1.82) is 0 Å². The van der Waals surface area contributed by atoms with E-state index < -0.39 is 22.2 Å². The third-order valence-corrected chi connectivity index (χ3v) is 20.7. The quantitative estimate of drug-likeness (QED) is 0.285. The van der Waals surface area contributed by atoms with Gasteiger partial charge in [-0.3, -0.25) is 0 Å². The molecule has 1 saturated carbocycles. The van der Waals surface area contributed by atoms with E-state index in [1.54, 1.807) is 0 Å². The van der Waals surface area contributed by atoms with Crippen LogP contribution in [-0.2, 0) is 8.85 Å². The zero-order valence-corrected chi connectivity index (χ0v) is 24.5. The molecule has 5 heteroatoms. The van der Waals surface area contributed by atoms with Gasteiger partial charge < -0.3 is 14.0 Å². The first kappa shape index (κ1) is 28.3. The fraction of sp³-hybridized carbons (Fsp3) is 1.00. The summed E-state index contributed by atoms with van der Waals surface area (Å²) >= 11 is 0. The van der Waals surface area contributed by atoms with Crippen molar-refractivity contribution in [2.75, 3.05) is 6.61 Å². The fourth-order valence-electron chi connectivity index (χ4n) is 6.88. The van der Waals surface area contributed by atoms with Crippen LogP contribution in [0.15, 0.2) is 0 Å². The van der Waals surface area contributed by atoms with E-state index in [9.17, 15) is 5.11 Å². The smallest absolute Gasteiger partial charge is 0.200 e. The Bertz CT molecular complexity index is 487.